The second-order valence-electron chi connectivity index (χ2n) is 7.94. The first-order valence-corrected chi connectivity index (χ1v) is 11.2. The lowest BCUT2D eigenvalue weighted by Gasteiger charge is -2.23. The number of nitrogens with one attached hydrogen (secondary N) is 1. The van der Waals surface area contributed by atoms with E-state index >= 15 is 0 Å². The van der Waals surface area contributed by atoms with Crippen LogP contribution in [0.25, 0.3) is 0 Å². The molecule has 8 nitrogen and oxygen atoms in total. The third-order valence-corrected chi connectivity index (χ3v) is 6.35. The van der Waals surface area contributed by atoms with Gasteiger partial charge in [0.05, 0.1) is 17.2 Å². The van der Waals surface area contributed by atoms with Gasteiger partial charge in [0, 0.05) is 29.7 Å². The van der Waals surface area contributed by atoms with Gasteiger partial charge in [0.1, 0.15) is 0 Å². The molecule has 0 spiro atoms. The van der Waals surface area contributed by atoms with Crippen LogP contribution in [-0.4, -0.2) is 52.6 Å². The lowest BCUT2D eigenvalue weighted by molar-refractivity contribution is -0.122. The predicted octanol–water partition coefficient (Wildman–Crippen LogP) is 2.52. The van der Waals surface area contributed by atoms with Crippen LogP contribution in [0.5, 0.6) is 0 Å². The molecule has 2 aromatic carbocycles. The maximum absolute atomic E-state index is 12.6. The molecule has 3 N–H and O–H groups in total. The van der Waals surface area contributed by atoms with Crippen molar-refractivity contribution in [1.82, 2.24) is 9.80 Å². The quantitative estimate of drug-likeness (QED) is 0.569. The van der Waals surface area contributed by atoms with Gasteiger partial charge in [-0.25, -0.2) is 0 Å². The first-order valence-electron chi connectivity index (χ1n) is 10.4. The summed E-state index contributed by atoms with van der Waals surface area (Å²) >= 11 is 3.31. The summed E-state index contributed by atoms with van der Waals surface area (Å²) in [6.07, 6.45) is 1.62. The highest BCUT2D eigenvalue weighted by atomic mass is 79.9. The number of hydrogen-bond acceptors (Lipinski definition) is 5. The number of imide groups is 1. The molecule has 32 heavy (non-hydrogen) atoms. The summed E-state index contributed by atoms with van der Waals surface area (Å²) in [6, 6.07) is 12.0. The van der Waals surface area contributed by atoms with Crippen LogP contribution in [0.1, 0.15) is 45.5 Å². The van der Waals surface area contributed by atoms with Crippen molar-refractivity contribution in [2.24, 2.45) is 5.73 Å². The normalized spacial score (nSPS) is 18.2. The molecule has 1 saturated heterocycles. The van der Waals surface area contributed by atoms with Crippen molar-refractivity contribution in [2.75, 3.05) is 18.4 Å². The molecule has 1 fully saturated rings. The molecule has 0 aromatic heterocycles. The van der Waals surface area contributed by atoms with Crippen LogP contribution in [0.4, 0.5) is 5.69 Å². The number of nitrogens with two attached hydrogens (primary N) is 1. The molecule has 0 saturated carbocycles. The van der Waals surface area contributed by atoms with Gasteiger partial charge in [0.15, 0.2) is 0 Å². The van der Waals surface area contributed by atoms with Crippen molar-refractivity contribution < 1.29 is 19.2 Å². The van der Waals surface area contributed by atoms with Crippen molar-refractivity contribution >= 4 is 45.2 Å². The van der Waals surface area contributed by atoms with Crippen molar-refractivity contribution in [3.63, 3.8) is 0 Å². The fourth-order valence-corrected chi connectivity index (χ4v) is 4.59. The molecular weight excluding hydrogens is 476 g/mol. The second kappa shape index (κ2) is 9.22. The number of halogens is 1. The molecule has 0 aliphatic carbocycles. The lowest BCUT2D eigenvalue weighted by atomic mass is 10.1. The van der Waals surface area contributed by atoms with Gasteiger partial charge in [-0.05, 0) is 49.2 Å². The Labute approximate surface area is 193 Å². The fourth-order valence-electron chi connectivity index (χ4n) is 4.23. The van der Waals surface area contributed by atoms with E-state index in [1.54, 1.807) is 24.3 Å². The Kier molecular flexibility index (Phi) is 6.38. The van der Waals surface area contributed by atoms with Gasteiger partial charge in [-0.2, -0.15) is 0 Å². The third-order valence-electron chi connectivity index (χ3n) is 5.85. The summed E-state index contributed by atoms with van der Waals surface area (Å²) in [5, 5.41) is 2.87. The molecule has 0 bridgehead atoms. The number of likely N-dealkylation sites (tertiary alicyclic amines) is 1. The van der Waals surface area contributed by atoms with Crippen LogP contribution in [0, 0.1) is 0 Å². The summed E-state index contributed by atoms with van der Waals surface area (Å²) in [4.78, 5) is 52.5. The highest BCUT2D eigenvalue weighted by Gasteiger charge is 2.35. The molecule has 2 heterocycles. The minimum atomic E-state index is -0.397. The first-order chi connectivity index (χ1) is 15.3. The molecule has 1 unspecified atom stereocenters. The van der Waals surface area contributed by atoms with Gasteiger partial charge >= 0.3 is 0 Å². The van der Waals surface area contributed by atoms with E-state index in [4.69, 9.17) is 5.73 Å². The Morgan fingerprint density at radius 2 is 1.84 bits per heavy atom. The van der Waals surface area contributed by atoms with Crippen LogP contribution >= 0.6 is 15.9 Å². The van der Waals surface area contributed by atoms with Gasteiger partial charge < -0.3 is 11.1 Å². The van der Waals surface area contributed by atoms with Gasteiger partial charge in [-0.3, -0.25) is 29.0 Å². The summed E-state index contributed by atoms with van der Waals surface area (Å²) in [5.74, 6) is -1.43. The zero-order valence-electron chi connectivity index (χ0n) is 17.3. The number of carbonyl (C=O) groups is 4. The van der Waals surface area contributed by atoms with Crippen LogP contribution in [0.2, 0.25) is 0 Å². The largest absolute Gasteiger partial charge is 0.368 e. The second-order valence-corrected chi connectivity index (χ2v) is 8.85. The fraction of sp³-hybridized carbons (Fsp3) is 0.304. The van der Waals surface area contributed by atoms with E-state index in [1.165, 1.54) is 0 Å². The summed E-state index contributed by atoms with van der Waals surface area (Å²) in [6.45, 7) is 1.26. The summed E-state index contributed by atoms with van der Waals surface area (Å²) in [5.41, 5.74) is 7.71. The van der Waals surface area contributed by atoms with E-state index in [-0.39, 0.29) is 30.8 Å². The van der Waals surface area contributed by atoms with Crippen molar-refractivity contribution in [2.45, 2.75) is 31.8 Å². The summed E-state index contributed by atoms with van der Waals surface area (Å²) in [7, 11) is 0. The van der Waals surface area contributed by atoms with Crippen molar-refractivity contribution in [1.29, 1.82) is 0 Å². The third kappa shape index (κ3) is 4.44. The number of benzene rings is 2. The molecule has 2 aromatic rings. The van der Waals surface area contributed by atoms with Crippen LogP contribution in [0.15, 0.2) is 46.9 Å². The Bertz CT molecular complexity index is 1100. The Morgan fingerprint density at radius 1 is 1.09 bits per heavy atom. The first kappa shape index (κ1) is 22.2. The molecule has 0 radical (unpaired) electrons. The van der Waals surface area contributed by atoms with Crippen molar-refractivity contribution in [3.05, 3.63) is 63.6 Å². The van der Waals surface area contributed by atoms with Gasteiger partial charge in [0.25, 0.3) is 11.8 Å². The molecule has 2 aliphatic rings. The molecule has 4 amide bonds. The zero-order chi connectivity index (χ0) is 22.8. The summed E-state index contributed by atoms with van der Waals surface area (Å²) < 4.78 is 0.713. The Hall–Kier alpha value is -3.04. The maximum Gasteiger partial charge on any atom is 0.261 e. The van der Waals surface area contributed by atoms with Gasteiger partial charge in [0.2, 0.25) is 11.8 Å². The highest BCUT2D eigenvalue weighted by molar-refractivity contribution is 9.10. The number of nitrogens with zero attached hydrogens (tertiary/aromatic N) is 2. The lowest BCUT2D eigenvalue weighted by Crippen LogP contribution is -2.39. The van der Waals surface area contributed by atoms with Crippen LogP contribution in [-0.2, 0) is 16.1 Å². The van der Waals surface area contributed by atoms with Gasteiger partial charge in [-0.1, -0.05) is 34.1 Å². The Morgan fingerprint density at radius 3 is 2.62 bits per heavy atom. The number of para-hydroxylation sites is 1. The minimum Gasteiger partial charge on any atom is -0.368 e. The van der Waals surface area contributed by atoms with Crippen LogP contribution < -0.4 is 11.1 Å². The maximum atomic E-state index is 12.6. The monoisotopic (exact) mass is 498 g/mol. The molecule has 166 valence electrons. The topological polar surface area (TPSA) is 113 Å². The van der Waals surface area contributed by atoms with E-state index in [0.717, 1.165) is 29.8 Å². The number of anilines is 1. The van der Waals surface area contributed by atoms with Crippen LogP contribution in [0.3, 0.4) is 0 Å². The van der Waals surface area contributed by atoms with E-state index in [9.17, 15) is 19.2 Å². The average Bonchev–Trinajstić information content (AvgIpc) is 3.31. The SMILES string of the molecule is NC(=O)C1CCCN1Cc1ccccc1NC(=O)CCN1C(=O)c2ccc(Br)cc2C1=O. The van der Waals surface area contributed by atoms with E-state index in [0.29, 0.717) is 27.8 Å². The Balaban J connectivity index is 1.39. The molecule has 1 atom stereocenters. The van der Waals surface area contributed by atoms with E-state index in [1.807, 2.05) is 23.1 Å². The average molecular weight is 499 g/mol. The molecule has 9 heteroatoms. The highest BCUT2D eigenvalue weighted by Crippen LogP contribution is 2.27. The smallest absolute Gasteiger partial charge is 0.261 e. The number of rotatable bonds is 7. The standard InChI is InChI=1S/C23H23BrN4O4/c24-15-7-8-16-17(12-15)23(32)28(22(16)31)11-9-20(29)26-18-5-2-1-4-14(18)13-27-10-3-6-19(27)21(25)30/h1-2,4-5,7-8,12,19H,3,6,9-11,13H2,(H2,25,30)(H,26,29). The number of primary amides is 1. The minimum absolute atomic E-state index is 0.00611. The van der Waals surface area contributed by atoms with Gasteiger partial charge in [-0.15, -0.1) is 0 Å². The van der Waals surface area contributed by atoms with E-state index < -0.39 is 11.8 Å². The number of fused-ring (bicyclic) bond motifs is 1. The molecule has 4 rings (SSSR count). The number of hydrogen-bond donors (Lipinski definition) is 2. The number of carbonyl (C=O) groups excluding carboxylic acids is 4. The van der Waals surface area contributed by atoms with Crippen molar-refractivity contribution in [3.8, 4) is 0 Å². The zero-order valence-corrected chi connectivity index (χ0v) is 18.9. The predicted molar refractivity (Wildman–Crippen MR) is 122 cm³/mol. The molecule has 2 aliphatic heterocycles. The molecular formula is C23H23BrN4O4. The van der Waals surface area contributed by atoms with E-state index in [2.05, 4.69) is 21.2 Å². The number of amides is 4.